The molecule has 0 unspecified atom stereocenters. The zero-order chi connectivity index (χ0) is 12.3. The number of aromatic nitrogens is 1. The van der Waals surface area contributed by atoms with Gasteiger partial charge in [0, 0.05) is 18.9 Å². The summed E-state index contributed by atoms with van der Waals surface area (Å²) >= 11 is 5.82. The van der Waals surface area contributed by atoms with E-state index in [9.17, 15) is 0 Å². The highest BCUT2D eigenvalue weighted by molar-refractivity contribution is 6.30. The highest BCUT2D eigenvalue weighted by atomic mass is 35.5. The highest BCUT2D eigenvalue weighted by Gasteiger charge is 2.03. The van der Waals surface area contributed by atoms with Crippen LogP contribution >= 0.6 is 11.6 Å². The molecule has 0 aliphatic rings. The van der Waals surface area contributed by atoms with Crippen LogP contribution in [-0.2, 0) is 11.3 Å². The van der Waals surface area contributed by atoms with E-state index in [-0.39, 0.29) is 0 Å². The largest absolute Gasteiger partial charge is 0.380 e. The van der Waals surface area contributed by atoms with Crippen molar-refractivity contribution in [3.8, 4) is 11.3 Å². The summed E-state index contributed by atoms with van der Waals surface area (Å²) in [5.74, 6) is 0. The molecule has 88 valence electrons. The lowest BCUT2D eigenvalue weighted by Gasteiger charge is -2.07. The first-order chi connectivity index (χ1) is 8.20. The first kappa shape index (κ1) is 12.1. The zero-order valence-corrected chi connectivity index (χ0v) is 10.7. The Labute approximate surface area is 106 Å². The quantitative estimate of drug-likeness (QED) is 0.822. The second-order valence-electron chi connectivity index (χ2n) is 3.94. The Balaban J connectivity index is 2.34. The minimum Gasteiger partial charge on any atom is -0.380 e. The first-order valence-corrected chi connectivity index (χ1v) is 5.79. The molecule has 17 heavy (non-hydrogen) atoms. The Morgan fingerprint density at radius 2 is 2.06 bits per heavy atom. The number of rotatable bonds is 3. The highest BCUT2D eigenvalue weighted by Crippen LogP contribution is 2.22. The number of methoxy groups -OCH3 is 1. The second-order valence-corrected chi connectivity index (χ2v) is 4.37. The molecule has 0 aliphatic carbocycles. The maximum atomic E-state index is 5.82. The van der Waals surface area contributed by atoms with Crippen molar-refractivity contribution >= 4 is 11.6 Å². The molecule has 2 aromatic rings. The lowest BCUT2D eigenvalue weighted by Crippen LogP contribution is -1.92. The van der Waals surface area contributed by atoms with Gasteiger partial charge in [-0.25, -0.2) is 0 Å². The number of pyridine rings is 1. The molecule has 0 bridgehead atoms. The molecular formula is C14H14ClNO. The Morgan fingerprint density at radius 1 is 1.24 bits per heavy atom. The summed E-state index contributed by atoms with van der Waals surface area (Å²) in [6.07, 6.45) is 1.66. The van der Waals surface area contributed by atoms with Crippen molar-refractivity contribution in [2.45, 2.75) is 13.5 Å². The van der Waals surface area contributed by atoms with Crippen molar-refractivity contribution in [3.63, 3.8) is 0 Å². The van der Waals surface area contributed by atoms with Crippen LogP contribution in [0.5, 0.6) is 0 Å². The van der Waals surface area contributed by atoms with Gasteiger partial charge in [0.15, 0.2) is 0 Å². The third kappa shape index (κ3) is 2.84. The normalized spacial score (nSPS) is 10.5. The van der Waals surface area contributed by atoms with E-state index in [1.54, 1.807) is 13.3 Å². The molecule has 0 saturated heterocycles. The number of benzene rings is 1. The predicted molar refractivity (Wildman–Crippen MR) is 70.1 cm³/mol. The number of nitrogens with zero attached hydrogens (tertiary/aromatic N) is 1. The van der Waals surface area contributed by atoms with Crippen molar-refractivity contribution in [1.29, 1.82) is 0 Å². The molecule has 0 spiro atoms. The number of halogens is 1. The van der Waals surface area contributed by atoms with Crippen LogP contribution in [0.4, 0.5) is 0 Å². The average Bonchev–Trinajstić information content (AvgIpc) is 2.33. The monoisotopic (exact) mass is 247 g/mol. The Bertz CT molecular complexity index is 508. The number of hydrogen-bond acceptors (Lipinski definition) is 2. The van der Waals surface area contributed by atoms with Gasteiger partial charge in [0.1, 0.15) is 0 Å². The molecule has 0 atom stereocenters. The molecule has 3 heteroatoms. The molecule has 0 saturated carbocycles. The van der Waals surface area contributed by atoms with Crippen LogP contribution in [0.2, 0.25) is 5.02 Å². The minimum atomic E-state index is 0.639. The summed E-state index contributed by atoms with van der Waals surface area (Å²) in [6.45, 7) is 2.72. The number of ether oxygens (including phenoxy) is 1. The average molecular weight is 248 g/mol. The van der Waals surface area contributed by atoms with E-state index in [1.165, 1.54) is 11.1 Å². The van der Waals surface area contributed by atoms with Gasteiger partial charge in [-0.1, -0.05) is 23.7 Å². The second kappa shape index (κ2) is 5.30. The van der Waals surface area contributed by atoms with E-state index in [4.69, 9.17) is 16.3 Å². The van der Waals surface area contributed by atoms with E-state index < -0.39 is 0 Å². The fourth-order valence-electron chi connectivity index (χ4n) is 1.72. The molecular weight excluding hydrogens is 234 g/mol. The van der Waals surface area contributed by atoms with Crippen LogP contribution in [0, 0.1) is 6.92 Å². The standard InChI is InChI=1S/C14H14ClNO/c1-10-7-11(3-4-12(10)9-17-2)14-6-5-13(15)8-16-14/h3-8H,9H2,1-2H3. The molecule has 1 heterocycles. The molecule has 0 aliphatic heterocycles. The van der Waals surface area contributed by atoms with Gasteiger partial charge >= 0.3 is 0 Å². The lowest BCUT2D eigenvalue weighted by molar-refractivity contribution is 0.184. The van der Waals surface area contributed by atoms with Gasteiger partial charge in [-0.2, -0.15) is 0 Å². The summed E-state index contributed by atoms with van der Waals surface area (Å²) in [6, 6.07) is 10.0. The molecule has 2 rings (SSSR count). The van der Waals surface area contributed by atoms with Crippen LogP contribution in [0.25, 0.3) is 11.3 Å². The maximum Gasteiger partial charge on any atom is 0.0715 e. The number of hydrogen-bond donors (Lipinski definition) is 0. The molecule has 0 radical (unpaired) electrons. The van der Waals surface area contributed by atoms with Gasteiger partial charge in [-0.3, -0.25) is 4.98 Å². The van der Waals surface area contributed by atoms with Gasteiger partial charge in [0.05, 0.1) is 17.3 Å². The zero-order valence-electron chi connectivity index (χ0n) is 9.90. The van der Waals surface area contributed by atoms with Crippen LogP contribution in [0.1, 0.15) is 11.1 Å². The third-order valence-corrected chi connectivity index (χ3v) is 2.89. The van der Waals surface area contributed by atoms with Crippen molar-refractivity contribution in [3.05, 3.63) is 52.7 Å². The molecule has 0 N–H and O–H groups in total. The van der Waals surface area contributed by atoms with Crippen molar-refractivity contribution in [2.24, 2.45) is 0 Å². The molecule has 0 fully saturated rings. The smallest absolute Gasteiger partial charge is 0.0715 e. The summed E-state index contributed by atoms with van der Waals surface area (Å²) in [7, 11) is 1.70. The summed E-state index contributed by atoms with van der Waals surface area (Å²) in [5.41, 5.74) is 4.44. The maximum absolute atomic E-state index is 5.82. The predicted octanol–water partition coefficient (Wildman–Crippen LogP) is 3.86. The first-order valence-electron chi connectivity index (χ1n) is 5.41. The van der Waals surface area contributed by atoms with E-state index >= 15 is 0 Å². The molecule has 0 amide bonds. The molecule has 1 aromatic heterocycles. The summed E-state index contributed by atoms with van der Waals surface area (Å²) < 4.78 is 5.14. The van der Waals surface area contributed by atoms with Crippen molar-refractivity contribution in [1.82, 2.24) is 4.98 Å². The Kier molecular flexibility index (Phi) is 3.77. The van der Waals surface area contributed by atoms with E-state index in [2.05, 4.69) is 30.1 Å². The molecule has 2 nitrogen and oxygen atoms in total. The fraction of sp³-hybridized carbons (Fsp3) is 0.214. The van der Waals surface area contributed by atoms with Crippen molar-refractivity contribution < 1.29 is 4.74 Å². The minimum absolute atomic E-state index is 0.639. The number of aryl methyl sites for hydroxylation is 1. The van der Waals surface area contributed by atoms with Gasteiger partial charge in [0.2, 0.25) is 0 Å². The summed E-state index contributed by atoms with van der Waals surface area (Å²) in [5, 5.41) is 0.654. The van der Waals surface area contributed by atoms with Crippen molar-refractivity contribution in [2.75, 3.05) is 7.11 Å². The Morgan fingerprint density at radius 3 is 2.65 bits per heavy atom. The van der Waals surface area contributed by atoms with Gasteiger partial charge in [0.25, 0.3) is 0 Å². The van der Waals surface area contributed by atoms with Crippen LogP contribution < -0.4 is 0 Å². The fourth-order valence-corrected chi connectivity index (χ4v) is 1.83. The van der Waals surface area contributed by atoms with Gasteiger partial charge in [-0.15, -0.1) is 0 Å². The van der Waals surface area contributed by atoms with Crippen LogP contribution in [-0.4, -0.2) is 12.1 Å². The van der Waals surface area contributed by atoms with Crippen LogP contribution in [0.15, 0.2) is 36.5 Å². The SMILES string of the molecule is COCc1ccc(-c2ccc(Cl)cn2)cc1C. The lowest BCUT2D eigenvalue weighted by atomic mass is 10.0. The molecule has 1 aromatic carbocycles. The van der Waals surface area contributed by atoms with E-state index in [0.717, 1.165) is 11.3 Å². The van der Waals surface area contributed by atoms with Gasteiger partial charge in [-0.05, 0) is 36.2 Å². The third-order valence-electron chi connectivity index (χ3n) is 2.67. The van der Waals surface area contributed by atoms with Gasteiger partial charge < -0.3 is 4.74 Å². The summed E-state index contributed by atoms with van der Waals surface area (Å²) in [4.78, 5) is 4.30. The van der Waals surface area contributed by atoms with Crippen LogP contribution in [0.3, 0.4) is 0 Å². The van der Waals surface area contributed by atoms with E-state index in [1.807, 2.05) is 12.1 Å². The van der Waals surface area contributed by atoms with E-state index in [0.29, 0.717) is 11.6 Å². The topological polar surface area (TPSA) is 22.1 Å². The Hall–Kier alpha value is -1.38.